The first-order valence-electron chi connectivity index (χ1n) is 6.74. The molecule has 0 radical (unpaired) electrons. The number of halogens is 1. The lowest BCUT2D eigenvalue weighted by Gasteiger charge is -2.30. The first-order chi connectivity index (χ1) is 9.79. The number of hydrogen-bond donors (Lipinski definition) is 3. The lowest BCUT2D eigenvalue weighted by Crippen LogP contribution is -2.47. The molecule has 1 aromatic carbocycles. The zero-order chi connectivity index (χ0) is 16.0. The Labute approximate surface area is 130 Å². The summed E-state index contributed by atoms with van der Waals surface area (Å²) in [6.07, 6.45) is 0. The molecular weight excluding hydrogens is 292 g/mol. The number of carbonyl (C=O) groups is 1. The van der Waals surface area contributed by atoms with Crippen LogP contribution in [0.5, 0.6) is 0 Å². The maximum Gasteiger partial charge on any atom is 0.319 e. The number of anilines is 1. The molecule has 0 unspecified atom stereocenters. The Morgan fingerprint density at radius 3 is 2.62 bits per heavy atom. The smallest absolute Gasteiger partial charge is 0.319 e. The monoisotopic (exact) mass is 314 g/mol. The second kappa shape index (κ2) is 7.64. The van der Waals surface area contributed by atoms with Crippen LogP contribution in [0, 0.1) is 5.41 Å². The lowest BCUT2D eigenvalue weighted by atomic mass is 9.87. The average molecular weight is 315 g/mol. The number of nitrogens with one attached hydrogen (secondary N) is 2. The summed E-state index contributed by atoms with van der Waals surface area (Å²) in [6.45, 7) is 6.02. The minimum absolute atomic E-state index is 0.128. The molecule has 21 heavy (non-hydrogen) atoms. The van der Waals surface area contributed by atoms with E-state index >= 15 is 0 Å². The Hall–Kier alpha value is -1.30. The Morgan fingerprint density at radius 2 is 2.10 bits per heavy atom. The summed E-state index contributed by atoms with van der Waals surface area (Å²) < 4.78 is 5.09. The van der Waals surface area contributed by atoms with Gasteiger partial charge in [-0.3, -0.25) is 0 Å². The molecule has 0 bridgehead atoms. The number of ether oxygens (including phenoxy) is 1. The molecule has 0 aliphatic heterocycles. The molecule has 3 N–H and O–H groups in total. The SMILES string of the molecule is COCc1c(Cl)cccc1NC(=O)N[C@H](CO)C(C)(C)C. The highest BCUT2D eigenvalue weighted by Gasteiger charge is 2.25. The zero-order valence-electron chi connectivity index (χ0n) is 12.9. The largest absolute Gasteiger partial charge is 0.394 e. The van der Waals surface area contributed by atoms with Crippen molar-refractivity contribution >= 4 is 23.3 Å². The highest BCUT2D eigenvalue weighted by Crippen LogP contribution is 2.25. The van der Waals surface area contributed by atoms with Gasteiger partial charge in [-0.2, -0.15) is 0 Å². The van der Waals surface area contributed by atoms with Crippen molar-refractivity contribution in [2.75, 3.05) is 19.0 Å². The predicted octanol–water partition coefficient (Wildman–Crippen LogP) is 3.01. The Kier molecular flexibility index (Phi) is 6.45. The van der Waals surface area contributed by atoms with E-state index in [9.17, 15) is 9.90 Å². The van der Waals surface area contributed by atoms with E-state index in [1.165, 1.54) is 0 Å². The van der Waals surface area contributed by atoms with Crippen LogP contribution in [-0.2, 0) is 11.3 Å². The molecule has 2 amide bonds. The molecule has 5 nitrogen and oxygen atoms in total. The van der Waals surface area contributed by atoms with E-state index in [4.69, 9.17) is 16.3 Å². The number of aliphatic hydroxyl groups is 1. The van der Waals surface area contributed by atoms with Crippen LogP contribution < -0.4 is 10.6 Å². The third kappa shape index (κ3) is 5.19. The Balaban J connectivity index is 2.82. The van der Waals surface area contributed by atoms with Crippen LogP contribution in [0.3, 0.4) is 0 Å². The number of hydrogen-bond acceptors (Lipinski definition) is 3. The maximum absolute atomic E-state index is 12.1. The molecule has 0 heterocycles. The molecule has 6 heteroatoms. The van der Waals surface area contributed by atoms with Gasteiger partial charge in [-0.1, -0.05) is 38.4 Å². The normalized spacial score (nSPS) is 12.9. The van der Waals surface area contributed by atoms with Crippen molar-refractivity contribution in [2.24, 2.45) is 5.41 Å². The van der Waals surface area contributed by atoms with E-state index in [2.05, 4.69) is 10.6 Å². The molecule has 0 aromatic heterocycles. The quantitative estimate of drug-likeness (QED) is 0.782. The number of aliphatic hydroxyl groups excluding tert-OH is 1. The van der Waals surface area contributed by atoms with Gasteiger partial charge in [-0.15, -0.1) is 0 Å². The highest BCUT2D eigenvalue weighted by molar-refractivity contribution is 6.31. The van der Waals surface area contributed by atoms with E-state index < -0.39 is 0 Å². The topological polar surface area (TPSA) is 70.6 Å². The molecule has 0 spiro atoms. The summed E-state index contributed by atoms with van der Waals surface area (Å²) in [5.74, 6) is 0. The summed E-state index contributed by atoms with van der Waals surface area (Å²) in [5, 5.41) is 15.4. The third-order valence-electron chi connectivity index (χ3n) is 3.19. The highest BCUT2D eigenvalue weighted by atomic mass is 35.5. The van der Waals surface area contributed by atoms with E-state index in [0.717, 1.165) is 0 Å². The van der Waals surface area contributed by atoms with Crippen molar-refractivity contribution in [3.8, 4) is 0 Å². The molecule has 0 saturated heterocycles. The van der Waals surface area contributed by atoms with Gasteiger partial charge in [0.05, 0.1) is 19.3 Å². The second-order valence-corrected chi connectivity index (χ2v) is 6.31. The van der Waals surface area contributed by atoms with Crippen molar-refractivity contribution in [3.05, 3.63) is 28.8 Å². The third-order valence-corrected chi connectivity index (χ3v) is 3.54. The fourth-order valence-electron chi connectivity index (χ4n) is 1.82. The summed E-state index contributed by atoms with van der Waals surface area (Å²) in [7, 11) is 1.56. The van der Waals surface area contributed by atoms with Gasteiger partial charge in [-0.05, 0) is 17.5 Å². The summed E-state index contributed by atoms with van der Waals surface area (Å²) >= 11 is 6.11. The van der Waals surface area contributed by atoms with Crippen molar-refractivity contribution in [1.29, 1.82) is 0 Å². The molecule has 0 saturated carbocycles. The molecule has 0 aliphatic carbocycles. The molecule has 0 aliphatic rings. The summed E-state index contributed by atoms with van der Waals surface area (Å²) in [4.78, 5) is 12.1. The lowest BCUT2D eigenvalue weighted by molar-refractivity contribution is 0.162. The van der Waals surface area contributed by atoms with Gasteiger partial charge in [0, 0.05) is 23.4 Å². The van der Waals surface area contributed by atoms with Crippen molar-refractivity contribution in [3.63, 3.8) is 0 Å². The molecule has 1 aromatic rings. The fourth-order valence-corrected chi connectivity index (χ4v) is 2.05. The van der Waals surface area contributed by atoms with E-state index in [-0.39, 0.29) is 24.1 Å². The number of benzene rings is 1. The first-order valence-corrected chi connectivity index (χ1v) is 7.12. The van der Waals surface area contributed by atoms with Crippen molar-refractivity contribution in [2.45, 2.75) is 33.4 Å². The Morgan fingerprint density at radius 1 is 1.43 bits per heavy atom. The summed E-state index contributed by atoms with van der Waals surface area (Å²) in [6, 6.07) is 4.52. The van der Waals surface area contributed by atoms with Crippen molar-refractivity contribution in [1.82, 2.24) is 5.32 Å². The number of methoxy groups -OCH3 is 1. The van der Waals surface area contributed by atoms with Gasteiger partial charge in [-0.25, -0.2) is 4.79 Å². The number of carbonyl (C=O) groups excluding carboxylic acids is 1. The standard InChI is InChI=1S/C15H23ClN2O3/c1-15(2,3)13(8-19)18-14(20)17-12-7-5-6-11(16)10(12)9-21-4/h5-7,13,19H,8-9H2,1-4H3,(H2,17,18,20)/t13-/m1/s1. The van der Waals surface area contributed by atoms with E-state index in [1.807, 2.05) is 20.8 Å². The van der Waals surface area contributed by atoms with Gasteiger partial charge < -0.3 is 20.5 Å². The van der Waals surface area contributed by atoms with Gasteiger partial charge in [0.25, 0.3) is 0 Å². The molecule has 118 valence electrons. The van der Waals surface area contributed by atoms with Gasteiger partial charge in [0.15, 0.2) is 0 Å². The molecule has 0 fully saturated rings. The minimum Gasteiger partial charge on any atom is -0.394 e. The van der Waals surface area contributed by atoms with Crippen molar-refractivity contribution < 1.29 is 14.6 Å². The minimum atomic E-state index is -0.386. The van der Waals surface area contributed by atoms with E-state index in [0.29, 0.717) is 22.9 Å². The second-order valence-electron chi connectivity index (χ2n) is 5.90. The first kappa shape index (κ1) is 17.8. The fraction of sp³-hybridized carbons (Fsp3) is 0.533. The van der Waals surface area contributed by atoms with Gasteiger partial charge in [0.1, 0.15) is 0 Å². The van der Waals surface area contributed by atoms with Crippen LogP contribution >= 0.6 is 11.6 Å². The number of urea groups is 1. The van der Waals surface area contributed by atoms with Crippen LogP contribution in [0.25, 0.3) is 0 Å². The molecular formula is C15H23ClN2O3. The zero-order valence-corrected chi connectivity index (χ0v) is 13.6. The van der Waals surface area contributed by atoms with Crippen LogP contribution in [0.2, 0.25) is 5.02 Å². The summed E-state index contributed by atoms with van der Waals surface area (Å²) in [5.41, 5.74) is 1.07. The number of amides is 2. The van der Waals surface area contributed by atoms with Crippen LogP contribution in [0.4, 0.5) is 10.5 Å². The van der Waals surface area contributed by atoms with Crippen LogP contribution in [0.15, 0.2) is 18.2 Å². The number of rotatable bonds is 5. The maximum atomic E-state index is 12.1. The molecule has 1 atom stereocenters. The Bertz CT molecular complexity index is 486. The van der Waals surface area contributed by atoms with Crippen LogP contribution in [-0.4, -0.2) is 30.9 Å². The van der Waals surface area contributed by atoms with Gasteiger partial charge >= 0.3 is 6.03 Å². The van der Waals surface area contributed by atoms with Gasteiger partial charge in [0.2, 0.25) is 0 Å². The predicted molar refractivity (Wildman–Crippen MR) is 84.6 cm³/mol. The van der Waals surface area contributed by atoms with Crippen LogP contribution in [0.1, 0.15) is 26.3 Å². The van der Waals surface area contributed by atoms with E-state index in [1.54, 1.807) is 25.3 Å². The molecule has 1 rings (SSSR count). The average Bonchev–Trinajstić information content (AvgIpc) is 2.38.